The molecule has 190 valence electrons. The van der Waals surface area contributed by atoms with Crippen molar-refractivity contribution >= 4 is 27.5 Å². The summed E-state index contributed by atoms with van der Waals surface area (Å²) in [6, 6.07) is 11.2. The Bertz CT molecular complexity index is 1740. The molecule has 0 aliphatic heterocycles. The van der Waals surface area contributed by atoms with Crippen molar-refractivity contribution in [2.75, 3.05) is 0 Å². The summed E-state index contributed by atoms with van der Waals surface area (Å²) in [5.74, 6) is -0.295. The number of aromatic amines is 2. The first-order valence-corrected chi connectivity index (χ1v) is 12.2. The molecule has 0 aliphatic rings. The standard InChI is InChI=1S/C30H26F2N6/c1-5-17(4)34-22(7-3)14-18(6-2)20-15-23-27(24(32)16-20)37-38-28(23)30-35-25-12-13-33-26(29(25)36-30)19-8-10-21(31)11-9-19/h6-16,34H,3-5H2,1-2H3,(H,35,36)(H,37,38)/b18-6+,22-14+. The summed E-state index contributed by atoms with van der Waals surface area (Å²) in [6.45, 7) is 11.8. The molecular weight excluding hydrogens is 482 g/mol. The van der Waals surface area contributed by atoms with Crippen LogP contribution in [0.3, 0.4) is 0 Å². The highest BCUT2D eigenvalue weighted by atomic mass is 19.1. The van der Waals surface area contributed by atoms with Gasteiger partial charge in [-0.2, -0.15) is 5.10 Å². The molecule has 0 atom stereocenters. The number of aromatic nitrogens is 5. The van der Waals surface area contributed by atoms with E-state index in [0.717, 1.165) is 34.5 Å². The maximum absolute atomic E-state index is 15.2. The maximum atomic E-state index is 15.2. The number of rotatable bonds is 8. The average molecular weight is 509 g/mol. The number of allylic oxidation sites excluding steroid dienone is 5. The molecule has 0 fully saturated rings. The second-order valence-corrected chi connectivity index (χ2v) is 8.73. The second kappa shape index (κ2) is 10.3. The third-order valence-electron chi connectivity index (χ3n) is 6.29. The van der Waals surface area contributed by atoms with Crippen molar-refractivity contribution in [2.24, 2.45) is 0 Å². The van der Waals surface area contributed by atoms with E-state index in [1.807, 2.05) is 32.1 Å². The Morgan fingerprint density at radius 1 is 1.11 bits per heavy atom. The van der Waals surface area contributed by atoms with Crippen molar-refractivity contribution in [3.8, 4) is 22.8 Å². The normalized spacial score (nSPS) is 12.3. The number of H-pyrrole nitrogens is 2. The van der Waals surface area contributed by atoms with Gasteiger partial charge in [-0.3, -0.25) is 10.1 Å². The molecule has 0 amide bonds. The van der Waals surface area contributed by atoms with Gasteiger partial charge < -0.3 is 10.3 Å². The highest BCUT2D eigenvalue weighted by Gasteiger charge is 2.18. The van der Waals surface area contributed by atoms with Gasteiger partial charge in [-0.25, -0.2) is 13.8 Å². The van der Waals surface area contributed by atoms with Gasteiger partial charge in [-0.1, -0.05) is 26.2 Å². The summed E-state index contributed by atoms with van der Waals surface area (Å²) in [5, 5.41) is 11.0. The van der Waals surface area contributed by atoms with Crippen LogP contribution in [0, 0.1) is 11.6 Å². The maximum Gasteiger partial charge on any atom is 0.157 e. The number of pyridine rings is 1. The summed E-state index contributed by atoms with van der Waals surface area (Å²) >= 11 is 0. The first-order valence-electron chi connectivity index (χ1n) is 12.2. The van der Waals surface area contributed by atoms with Gasteiger partial charge in [0.2, 0.25) is 0 Å². The van der Waals surface area contributed by atoms with Crippen molar-refractivity contribution < 1.29 is 8.78 Å². The fourth-order valence-electron chi connectivity index (χ4n) is 4.23. The third kappa shape index (κ3) is 4.64. The summed E-state index contributed by atoms with van der Waals surface area (Å²) < 4.78 is 28.7. The molecule has 8 heteroatoms. The number of imidazole rings is 1. The Hall–Kier alpha value is -4.85. The van der Waals surface area contributed by atoms with Crippen LogP contribution in [-0.4, -0.2) is 25.1 Å². The van der Waals surface area contributed by atoms with E-state index >= 15 is 4.39 Å². The highest BCUT2D eigenvalue weighted by molar-refractivity contribution is 5.97. The lowest BCUT2D eigenvalue weighted by atomic mass is 10.0. The SMILES string of the molecule is C=C/C(=C\C(=C/C)c1cc(F)c2n[nH]c(-c3nc4c(-c5ccc(F)cc5)nccc4[nH]3)c2c1)NC(=C)CC. The lowest BCUT2D eigenvalue weighted by Crippen LogP contribution is -2.09. The Morgan fingerprint density at radius 3 is 2.61 bits per heavy atom. The second-order valence-electron chi connectivity index (χ2n) is 8.73. The number of nitrogens with zero attached hydrogens (tertiary/aromatic N) is 3. The van der Waals surface area contributed by atoms with Gasteiger partial charge in [0.1, 0.15) is 22.5 Å². The van der Waals surface area contributed by atoms with Crippen LogP contribution in [-0.2, 0) is 0 Å². The molecule has 0 radical (unpaired) electrons. The molecular formula is C30H26F2N6. The third-order valence-corrected chi connectivity index (χ3v) is 6.29. The van der Waals surface area contributed by atoms with E-state index in [0.29, 0.717) is 33.7 Å². The summed E-state index contributed by atoms with van der Waals surface area (Å²) in [4.78, 5) is 12.5. The topological polar surface area (TPSA) is 82.3 Å². The predicted octanol–water partition coefficient (Wildman–Crippen LogP) is 7.43. The monoisotopic (exact) mass is 508 g/mol. The Morgan fingerprint density at radius 2 is 1.89 bits per heavy atom. The van der Waals surface area contributed by atoms with E-state index < -0.39 is 5.82 Å². The van der Waals surface area contributed by atoms with E-state index in [1.165, 1.54) is 18.2 Å². The summed E-state index contributed by atoms with van der Waals surface area (Å²) in [7, 11) is 0. The fourth-order valence-corrected chi connectivity index (χ4v) is 4.23. The van der Waals surface area contributed by atoms with E-state index in [4.69, 9.17) is 4.98 Å². The molecule has 6 nitrogen and oxygen atoms in total. The highest BCUT2D eigenvalue weighted by Crippen LogP contribution is 2.33. The number of benzene rings is 2. The fraction of sp³-hybridized carbons (Fsp3) is 0.100. The summed E-state index contributed by atoms with van der Waals surface area (Å²) in [5.41, 5.74) is 6.54. The minimum Gasteiger partial charge on any atom is -0.359 e. The van der Waals surface area contributed by atoms with Crippen LogP contribution in [0.2, 0.25) is 0 Å². The number of fused-ring (bicyclic) bond motifs is 2. The van der Waals surface area contributed by atoms with Crippen LogP contribution in [0.15, 0.2) is 91.4 Å². The van der Waals surface area contributed by atoms with Gasteiger partial charge in [0.05, 0.1) is 11.2 Å². The Kier molecular flexibility index (Phi) is 6.70. The van der Waals surface area contributed by atoms with E-state index in [-0.39, 0.29) is 11.3 Å². The minimum atomic E-state index is -0.455. The molecule has 2 aromatic carbocycles. The van der Waals surface area contributed by atoms with E-state index in [2.05, 4.69) is 38.6 Å². The molecule has 0 saturated heterocycles. The Labute approximate surface area is 218 Å². The zero-order chi connectivity index (χ0) is 26.8. The van der Waals surface area contributed by atoms with Gasteiger partial charge in [0.15, 0.2) is 11.6 Å². The van der Waals surface area contributed by atoms with Crippen LogP contribution in [0.1, 0.15) is 25.8 Å². The quantitative estimate of drug-likeness (QED) is 0.190. The molecule has 5 aromatic rings. The van der Waals surface area contributed by atoms with Crippen molar-refractivity contribution in [1.82, 2.24) is 30.5 Å². The molecule has 0 bridgehead atoms. The summed E-state index contributed by atoms with van der Waals surface area (Å²) in [6.07, 6.45) is 7.93. The first kappa shape index (κ1) is 24.8. The number of hydrogen-bond donors (Lipinski definition) is 3. The molecule has 0 aliphatic carbocycles. The van der Waals surface area contributed by atoms with E-state index in [9.17, 15) is 4.39 Å². The molecule has 0 unspecified atom stereocenters. The van der Waals surface area contributed by atoms with Gasteiger partial charge >= 0.3 is 0 Å². The zero-order valence-electron chi connectivity index (χ0n) is 21.1. The van der Waals surface area contributed by atoms with Crippen molar-refractivity contribution in [3.05, 3.63) is 109 Å². The van der Waals surface area contributed by atoms with Crippen molar-refractivity contribution in [3.63, 3.8) is 0 Å². The number of hydrogen-bond acceptors (Lipinski definition) is 4. The molecule has 38 heavy (non-hydrogen) atoms. The van der Waals surface area contributed by atoms with Crippen LogP contribution >= 0.6 is 0 Å². The number of halogens is 2. The lowest BCUT2D eigenvalue weighted by molar-refractivity contribution is 0.628. The van der Waals surface area contributed by atoms with Gasteiger partial charge in [-0.15, -0.1) is 0 Å². The van der Waals surface area contributed by atoms with Crippen molar-refractivity contribution in [2.45, 2.75) is 20.3 Å². The molecule has 0 spiro atoms. The lowest BCUT2D eigenvalue weighted by Gasteiger charge is -2.10. The van der Waals surface area contributed by atoms with Crippen LogP contribution in [0.25, 0.3) is 50.3 Å². The smallest absolute Gasteiger partial charge is 0.157 e. The molecule has 3 heterocycles. The Balaban J connectivity index is 1.61. The molecule has 3 N–H and O–H groups in total. The van der Waals surface area contributed by atoms with Gasteiger partial charge in [0.25, 0.3) is 0 Å². The van der Waals surface area contributed by atoms with Gasteiger partial charge in [0, 0.05) is 28.5 Å². The van der Waals surface area contributed by atoms with Crippen molar-refractivity contribution in [1.29, 1.82) is 0 Å². The molecule has 0 saturated carbocycles. The average Bonchev–Trinajstić information content (AvgIpc) is 3.55. The van der Waals surface area contributed by atoms with E-state index in [1.54, 1.807) is 30.5 Å². The minimum absolute atomic E-state index is 0.210. The van der Waals surface area contributed by atoms with Crippen LogP contribution < -0.4 is 5.32 Å². The predicted molar refractivity (Wildman–Crippen MR) is 149 cm³/mol. The molecule has 3 aromatic heterocycles. The van der Waals surface area contributed by atoms with Crippen LogP contribution in [0.5, 0.6) is 0 Å². The first-order chi connectivity index (χ1) is 18.4. The zero-order valence-corrected chi connectivity index (χ0v) is 21.1. The van der Waals surface area contributed by atoms with Gasteiger partial charge in [-0.05, 0) is 79.1 Å². The van der Waals surface area contributed by atoms with Crippen LogP contribution in [0.4, 0.5) is 8.78 Å². The molecule has 5 rings (SSSR count). The number of nitrogens with one attached hydrogen (secondary N) is 3. The largest absolute Gasteiger partial charge is 0.359 e.